The van der Waals surface area contributed by atoms with Crippen LogP contribution in [0.4, 0.5) is 0 Å². The van der Waals surface area contributed by atoms with Crippen molar-refractivity contribution in [1.82, 2.24) is 5.32 Å². The van der Waals surface area contributed by atoms with Crippen LogP contribution in [0.3, 0.4) is 0 Å². The summed E-state index contributed by atoms with van der Waals surface area (Å²) in [5.41, 5.74) is 2.39. The summed E-state index contributed by atoms with van der Waals surface area (Å²) in [7, 11) is 0. The first-order valence-electron chi connectivity index (χ1n) is 7.03. The van der Waals surface area contributed by atoms with E-state index in [-0.39, 0.29) is 17.1 Å². The summed E-state index contributed by atoms with van der Waals surface area (Å²) in [6, 6.07) is 9.08. The Bertz CT molecular complexity index is 613. The lowest BCUT2D eigenvalue weighted by Gasteiger charge is -2.13. The highest BCUT2D eigenvalue weighted by Crippen LogP contribution is 2.68. The Morgan fingerprint density at radius 3 is 2.50 bits per heavy atom. The van der Waals surface area contributed by atoms with Gasteiger partial charge in [0, 0.05) is 23.3 Å². The molecule has 0 unspecified atom stereocenters. The average Bonchev–Trinajstić information content (AvgIpc) is 2.78. The van der Waals surface area contributed by atoms with E-state index in [0.29, 0.717) is 23.8 Å². The molecule has 0 bridgehead atoms. The highest BCUT2D eigenvalue weighted by atomic mass is 16.1. The fraction of sp³-hybridized carbons (Fsp3) is 0.412. The van der Waals surface area contributed by atoms with Crippen molar-refractivity contribution in [2.75, 3.05) is 0 Å². The van der Waals surface area contributed by atoms with Crippen molar-refractivity contribution in [2.45, 2.75) is 27.2 Å². The van der Waals surface area contributed by atoms with Gasteiger partial charge in [0.05, 0.1) is 0 Å². The van der Waals surface area contributed by atoms with Crippen molar-refractivity contribution in [2.24, 2.45) is 17.3 Å². The largest absolute Gasteiger partial charge is 0.326 e. The highest BCUT2D eigenvalue weighted by Gasteiger charge is 2.65. The van der Waals surface area contributed by atoms with E-state index in [0.717, 1.165) is 11.3 Å². The molecule has 0 spiro atoms. The Morgan fingerprint density at radius 2 is 1.90 bits per heavy atom. The fourth-order valence-corrected chi connectivity index (χ4v) is 3.52. The van der Waals surface area contributed by atoms with Gasteiger partial charge in [-0.05, 0) is 36.3 Å². The molecule has 0 aliphatic heterocycles. The monoisotopic (exact) mass is 269 g/mol. The smallest absolute Gasteiger partial charge is 0.255 e. The molecule has 1 aromatic carbocycles. The van der Waals surface area contributed by atoms with Crippen molar-refractivity contribution >= 4 is 11.7 Å². The van der Waals surface area contributed by atoms with Crippen LogP contribution in [0.25, 0.3) is 0 Å². The van der Waals surface area contributed by atoms with Gasteiger partial charge in [0.25, 0.3) is 5.91 Å². The number of carbonyl (C=O) groups excluding carboxylic acids is 2. The molecule has 2 aliphatic rings. The Hall–Kier alpha value is -1.90. The SMILES string of the molecule is C/C(NC(=O)c1ccccc1)=C1/C(=O)C[C@H]2[C@H]1C2(C)C. The van der Waals surface area contributed by atoms with Crippen molar-refractivity contribution < 1.29 is 9.59 Å². The van der Waals surface area contributed by atoms with Crippen molar-refractivity contribution in [3.63, 3.8) is 0 Å². The molecule has 2 saturated carbocycles. The minimum atomic E-state index is -0.148. The van der Waals surface area contributed by atoms with Gasteiger partial charge in [-0.2, -0.15) is 0 Å². The van der Waals surface area contributed by atoms with Gasteiger partial charge in [0.2, 0.25) is 0 Å². The third kappa shape index (κ3) is 1.89. The molecule has 2 fully saturated rings. The number of ketones is 1. The number of carbonyl (C=O) groups is 2. The van der Waals surface area contributed by atoms with Crippen LogP contribution in [0.15, 0.2) is 41.6 Å². The molecule has 0 aromatic heterocycles. The van der Waals surface area contributed by atoms with Crippen LogP contribution in [-0.2, 0) is 4.79 Å². The molecule has 2 aliphatic carbocycles. The van der Waals surface area contributed by atoms with Gasteiger partial charge in [0.15, 0.2) is 5.78 Å². The molecule has 3 heteroatoms. The number of Topliss-reactive ketones (excluding diaryl/α,β-unsaturated/α-hetero) is 1. The topological polar surface area (TPSA) is 46.2 Å². The van der Waals surface area contributed by atoms with Gasteiger partial charge in [0.1, 0.15) is 0 Å². The van der Waals surface area contributed by atoms with Crippen molar-refractivity contribution in [3.8, 4) is 0 Å². The van der Waals surface area contributed by atoms with E-state index in [1.807, 2.05) is 25.1 Å². The molecule has 3 rings (SSSR count). The Morgan fingerprint density at radius 1 is 1.25 bits per heavy atom. The number of hydrogen-bond donors (Lipinski definition) is 1. The maximum Gasteiger partial charge on any atom is 0.255 e. The molecular formula is C17H19NO2. The number of rotatable bonds is 2. The Labute approximate surface area is 119 Å². The van der Waals surface area contributed by atoms with E-state index in [2.05, 4.69) is 19.2 Å². The van der Waals surface area contributed by atoms with Crippen LogP contribution in [0.1, 0.15) is 37.6 Å². The van der Waals surface area contributed by atoms with E-state index in [1.165, 1.54) is 0 Å². The van der Waals surface area contributed by atoms with E-state index in [9.17, 15) is 9.59 Å². The first kappa shape index (κ1) is 13.1. The number of benzene rings is 1. The van der Waals surface area contributed by atoms with Crippen LogP contribution in [0, 0.1) is 17.3 Å². The lowest BCUT2D eigenvalue weighted by Crippen LogP contribution is -2.24. The summed E-state index contributed by atoms with van der Waals surface area (Å²) >= 11 is 0. The van der Waals surface area contributed by atoms with Crippen LogP contribution in [0.2, 0.25) is 0 Å². The van der Waals surface area contributed by atoms with Crippen molar-refractivity contribution in [3.05, 3.63) is 47.2 Å². The van der Waals surface area contributed by atoms with E-state index < -0.39 is 0 Å². The second-order valence-corrected chi connectivity index (χ2v) is 6.39. The minimum Gasteiger partial charge on any atom is -0.326 e. The van der Waals surface area contributed by atoms with E-state index in [4.69, 9.17) is 0 Å². The third-order valence-corrected chi connectivity index (χ3v) is 4.81. The molecule has 2 atom stereocenters. The van der Waals surface area contributed by atoms with Crippen LogP contribution in [0.5, 0.6) is 0 Å². The molecule has 1 aromatic rings. The maximum absolute atomic E-state index is 12.1. The lowest BCUT2D eigenvalue weighted by molar-refractivity contribution is -0.115. The summed E-state index contributed by atoms with van der Waals surface area (Å²) in [5, 5.41) is 2.88. The molecule has 1 amide bonds. The maximum atomic E-state index is 12.1. The minimum absolute atomic E-state index is 0.148. The zero-order valence-electron chi connectivity index (χ0n) is 12.1. The summed E-state index contributed by atoms with van der Waals surface area (Å²) in [5.74, 6) is 0.843. The molecule has 20 heavy (non-hydrogen) atoms. The predicted octanol–water partition coefficient (Wildman–Crippen LogP) is 2.94. The van der Waals surface area contributed by atoms with Gasteiger partial charge < -0.3 is 5.32 Å². The molecule has 1 N–H and O–H groups in total. The number of allylic oxidation sites excluding steroid dienone is 2. The number of hydrogen-bond acceptors (Lipinski definition) is 2. The fourth-order valence-electron chi connectivity index (χ4n) is 3.52. The Kier molecular flexibility index (Phi) is 2.82. The normalized spacial score (nSPS) is 28.9. The molecule has 0 heterocycles. The molecular weight excluding hydrogens is 250 g/mol. The quantitative estimate of drug-likeness (QED) is 0.839. The van der Waals surface area contributed by atoms with E-state index >= 15 is 0 Å². The lowest BCUT2D eigenvalue weighted by atomic mass is 9.95. The zero-order valence-corrected chi connectivity index (χ0v) is 12.1. The van der Waals surface area contributed by atoms with Crippen LogP contribution < -0.4 is 5.32 Å². The number of nitrogens with one attached hydrogen (secondary N) is 1. The highest BCUT2D eigenvalue weighted by molar-refractivity contribution is 6.03. The third-order valence-electron chi connectivity index (χ3n) is 4.81. The molecule has 0 saturated heterocycles. The Balaban J connectivity index is 1.82. The number of amides is 1. The van der Waals surface area contributed by atoms with Gasteiger partial charge in [-0.3, -0.25) is 9.59 Å². The summed E-state index contributed by atoms with van der Waals surface area (Å²) in [6.07, 6.45) is 0.631. The second-order valence-electron chi connectivity index (χ2n) is 6.39. The summed E-state index contributed by atoms with van der Waals surface area (Å²) in [4.78, 5) is 24.2. The summed E-state index contributed by atoms with van der Waals surface area (Å²) < 4.78 is 0. The molecule has 3 nitrogen and oxygen atoms in total. The van der Waals surface area contributed by atoms with Gasteiger partial charge in [-0.25, -0.2) is 0 Å². The zero-order chi connectivity index (χ0) is 14.5. The molecule has 0 radical (unpaired) electrons. The predicted molar refractivity (Wildman–Crippen MR) is 77.0 cm³/mol. The van der Waals surface area contributed by atoms with Gasteiger partial charge in [-0.1, -0.05) is 32.0 Å². The van der Waals surface area contributed by atoms with Gasteiger partial charge in [-0.15, -0.1) is 0 Å². The molecule has 104 valence electrons. The second kappa shape index (κ2) is 4.30. The standard InChI is InChI=1S/C17H19NO2/c1-10(18-16(20)11-7-5-4-6-8-11)14-13(19)9-12-15(14)17(12,2)3/h4-8,12,15H,9H2,1-3H3,(H,18,20)/b14-10+/t12-,15+/m0/s1. The first-order chi connectivity index (χ1) is 9.43. The van der Waals surface area contributed by atoms with Crippen LogP contribution in [-0.4, -0.2) is 11.7 Å². The van der Waals surface area contributed by atoms with Crippen LogP contribution >= 0.6 is 0 Å². The van der Waals surface area contributed by atoms with Gasteiger partial charge >= 0.3 is 0 Å². The van der Waals surface area contributed by atoms with Crippen molar-refractivity contribution in [1.29, 1.82) is 0 Å². The first-order valence-corrected chi connectivity index (χ1v) is 7.03. The van der Waals surface area contributed by atoms with E-state index in [1.54, 1.807) is 12.1 Å². The average molecular weight is 269 g/mol. The summed E-state index contributed by atoms with van der Waals surface area (Å²) in [6.45, 7) is 6.23. The number of fused-ring (bicyclic) bond motifs is 1.